The van der Waals surface area contributed by atoms with Crippen molar-refractivity contribution in [2.24, 2.45) is 0 Å². The molecule has 0 unspecified atom stereocenters. The summed E-state index contributed by atoms with van der Waals surface area (Å²) in [5, 5.41) is 11.1. The van der Waals surface area contributed by atoms with E-state index in [1.807, 2.05) is 7.05 Å². The van der Waals surface area contributed by atoms with Crippen LogP contribution < -0.4 is 0 Å². The minimum Gasteiger partial charge on any atom is -0.369 e. The highest BCUT2D eigenvalue weighted by Gasteiger charge is 2.49. The van der Waals surface area contributed by atoms with E-state index in [9.17, 15) is 9.90 Å². The summed E-state index contributed by atoms with van der Waals surface area (Å²) < 4.78 is 0.505. The number of rotatable bonds is 2. The van der Waals surface area contributed by atoms with Crippen molar-refractivity contribution < 1.29 is 14.5 Å². The number of aliphatic hydroxyl groups excluding tert-OH is 1. The summed E-state index contributed by atoms with van der Waals surface area (Å²) in [5.41, 5.74) is 0. The average molecular weight is 187 g/mol. The van der Waals surface area contributed by atoms with Crippen LogP contribution in [0.1, 0.15) is 27.2 Å². The van der Waals surface area contributed by atoms with E-state index in [2.05, 4.69) is 20.8 Å². The molecule has 0 aromatic heterocycles. The molecule has 0 aromatic rings. The lowest BCUT2D eigenvalue weighted by molar-refractivity contribution is -1.03. The fourth-order valence-electron chi connectivity index (χ4n) is 2.09. The maximum absolute atomic E-state index is 10.8. The molecule has 0 spiro atoms. The molecule has 0 aromatic carbocycles. The van der Waals surface area contributed by atoms with Gasteiger partial charge in [-0.2, -0.15) is 5.01 Å². The van der Waals surface area contributed by atoms with Gasteiger partial charge >= 0.3 is 0 Å². The van der Waals surface area contributed by atoms with Gasteiger partial charge in [0.25, 0.3) is 6.41 Å². The van der Waals surface area contributed by atoms with Gasteiger partial charge in [-0.15, -0.1) is 0 Å². The Hall–Kier alpha value is -0.610. The number of nitrogens with zero attached hydrogens (tertiary/aromatic N) is 2. The molecule has 1 N–H and O–H groups in total. The van der Waals surface area contributed by atoms with Crippen molar-refractivity contribution in [1.82, 2.24) is 5.01 Å². The summed E-state index contributed by atoms with van der Waals surface area (Å²) in [6.45, 7) is 6.18. The summed E-state index contributed by atoms with van der Waals surface area (Å²) in [6, 6.07) is 0.595. The lowest BCUT2D eigenvalue weighted by atomic mass is 10.2. The summed E-state index contributed by atoms with van der Waals surface area (Å²) in [5.74, 6) is 0. The zero-order valence-corrected chi connectivity index (χ0v) is 8.77. The van der Waals surface area contributed by atoms with Crippen molar-refractivity contribution >= 4 is 6.41 Å². The van der Waals surface area contributed by atoms with Gasteiger partial charge in [-0.05, 0) is 20.8 Å². The third-order valence-corrected chi connectivity index (χ3v) is 3.40. The Morgan fingerprint density at radius 2 is 2.15 bits per heavy atom. The maximum atomic E-state index is 10.8. The number of quaternary nitrogens is 1. The summed E-state index contributed by atoms with van der Waals surface area (Å²) in [6.07, 6.45) is 0.779. The first kappa shape index (κ1) is 10.5. The van der Waals surface area contributed by atoms with Gasteiger partial charge in [-0.1, -0.05) is 0 Å². The first-order chi connectivity index (χ1) is 5.94. The van der Waals surface area contributed by atoms with Crippen LogP contribution in [0.3, 0.4) is 0 Å². The number of aliphatic hydroxyl groups is 1. The number of carbonyl (C=O) groups excluding carboxylic acids is 1. The second-order valence-corrected chi connectivity index (χ2v) is 4.24. The van der Waals surface area contributed by atoms with Crippen LogP contribution in [0.25, 0.3) is 0 Å². The Labute approximate surface area is 79.3 Å². The second kappa shape index (κ2) is 3.27. The molecule has 13 heavy (non-hydrogen) atoms. The highest BCUT2D eigenvalue weighted by atomic mass is 16.3. The van der Waals surface area contributed by atoms with Crippen molar-refractivity contribution in [2.75, 3.05) is 7.05 Å². The second-order valence-electron chi connectivity index (χ2n) is 4.24. The van der Waals surface area contributed by atoms with E-state index in [0.717, 1.165) is 6.41 Å². The molecular formula is C9H19N2O2+. The van der Waals surface area contributed by atoms with Gasteiger partial charge in [-0.3, -0.25) is 4.79 Å². The van der Waals surface area contributed by atoms with Crippen molar-refractivity contribution in [3.8, 4) is 0 Å². The smallest absolute Gasteiger partial charge is 0.258 e. The molecule has 1 aliphatic rings. The summed E-state index contributed by atoms with van der Waals surface area (Å²) in [4.78, 5) is 10.8. The van der Waals surface area contributed by atoms with Gasteiger partial charge in [0, 0.05) is 0 Å². The predicted octanol–water partition coefficient (Wildman–Crippen LogP) is 0.325. The Morgan fingerprint density at radius 1 is 1.62 bits per heavy atom. The lowest BCUT2D eigenvalue weighted by Gasteiger charge is -2.42. The zero-order chi connectivity index (χ0) is 10.2. The lowest BCUT2D eigenvalue weighted by Crippen LogP contribution is -2.61. The third kappa shape index (κ3) is 1.34. The summed E-state index contributed by atoms with van der Waals surface area (Å²) in [7, 11) is 1.99. The van der Waals surface area contributed by atoms with Gasteiger partial charge in [0.2, 0.25) is 0 Å². The minimum atomic E-state index is -0.625. The quantitative estimate of drug-likeness (QED) is 0.500. The van der Waals surface area contributed by atoms with Crippen LogP contribution in [0.5, 0.6) is 0 Å². The van der Waals surface area contributed by atoms with E-state index < -0.39 is 6.23 Å². The Morgan fingerprint density at radius 3 is 2.46 bits per heavy atom. The SMILES string of the molecule is CC(C)[N@+]1(C)[C@H](C)C[C@H](O)N1C=O. The molecule has 0 radical (unpaired) electrons. The van der Waals surface area contributed by atoms with Crippen LogP contribution in [0, 0.1) is 0 Å². The van der Waals surface area contributed by atoms with Crippen LogP contribution in [-0.2, 0) is 4.79 Å². The van der Waals surface area contributed by atoms with E-state index in [1.54, 1.807) is 0 Å². The number of amides is 1. The van der Waals surface area contributed by atoms with Crippen molar-refractivity contribution in [2.45, 2.75) is 45.5 Å². The molecule has 1 fully saturated rings. The molecule has 1 heterocycles. The average Bonchev–Trinajstić information content (AvgIpc) is 2.24. The van der Waals surface area contributed by atoms with Gasteiger partial charge in [0.1, 0.15) is 12.1 Å². The van der Waals surface area contributed by atoms with Gasteiger partial charge < -0.3 is 5.11 Å². The first-order valence-corrected chi connectivity index (χ1v) is 4.72. The first-order valence-electron chi connectivity index (χ1n) is 4.72. The van der Waals surface area contributed by atoms with E-state index in [0.29, 0.717) is 23.1 Å². The highest BCUT2D eigenvalue weighted by molar-refractivity contribution is 5.45. The molecule has 1 saturated heterocycles. The van der Waals surface area contributed by atoms with E-state index in [-0.39, 0.29) is 0 Å². The molecule has 1 amide bonds. The van der Waals surface area contributed by atoms with Crippen molar-refractivity contribution in [1.29, 1.82) is 0 Å². The van der Waals surface area contributed by atoms with Crippen LogP contribution in [0.2, 0.25) is 0 Å². The molecule has 0 aliphatic carbocycles. The molecule has 1 aliphatic heterocycles. The normalized spacial score (nSPS) is 40.0. The number of carbonyl (C=O) groups is 1. The van der Waals surface area contributed by atoms with E-state index in [1.165, 1.54) is 5.01 Å². The topological polar surface area (TPSA) is 40.5 Å². The third-order valence-electron chi connectivity index (χ3n) is 3.40. The molecule has 4 heteroatoms. The van der Waals surface area contributed by atoms with Crippen LogP contribution in [-0.4, -0.2) is 46.5 Å². The highest BCUT2D eigenvalue weighted by Crippen LogP contribution is 2.31. The minimum absolute atomic E-state index is 0.292. The molecule has 3 atom stereocenters. The molecule has 4 nitrogen and oxygen atoms in total. The van der Waals surface area contributed by atoms with Crippen LogP contribution >= 0.6 is 0 Å². The summed E-state index contributed by atoms with van der Waals surface area (Å²) >= 11 is 0. The van der Waals surface area contributed by atoms with E-state index >= 15 is 0 Å². The van der Waals surface area contributed by atoms with Crippen LogP contribution in [0.15, 0.2) is 0 Å². The van der Waals surface area contributed by atoms with Gasteiger partial charge in [-0.25, -0.2) is 4.59 Å². The van der Waals surface area contributed by atoms with Crippen LogP contribution in [0.4, 0.5) is 0 Å². The number of hydrogen-bond acceptors (Lipinski definition) is 2. The largest absolute Gasteiger partial charge is 0.369 e. The molecule has 76 valence electrons. The zero-order valence-electron chi connectivity index (χ0n) is 8.77. The fourth-order valence-corrected chi connectivity index (χ4v) is 2.09. The van der Waals surface area contributed by atoms with Crippen molar-refractivity contribution in [3.63, 3.8) is 0 Å². The standard InChI is InChI=1S/C9H19N2O2/c1-7(2)11(4)8(3)5-9(13)10(11)6-12/h6-9,13H,5H2,1-4H3/q+1/t8-,9+,11-/m1/s1. The Bertz CT molecular complexity index is 208. The van der Waals surface area contributed by atoms with Crippen molar-refractivity contribution in [3.05, 3.63) is 0 Å². The fraction of sp³-hybridized carbons (Fsp3) is 0.889. The monoisotopic (exact) mass is 187 g/mol. The van der Waals surface area contributed by atoms with Gasteiger partial charge in [0.15, 0.2) is 6.23 Å². The molecule has 1 rings (SSSR count). The maximum Gasteiger partial charge on any atom is 0.258 e. The number of hydrogen-bond donors (Lipinski definition) is 1. The predicted molar refractivity (Wildman–Crippen MR) is 49.3 cm³/mol. The van der Waals surface area contributed by atoms with Gasteiger partial charge in [0.05, 0.1) is 13.5 Å². The molecule has 0 bridgehead atoms. The molecule has 0 saturated carbocycles. The molecular weight excluding hydrogens is 168 g/mol. The van der Waals surface area contributed by atoms with E-state index in [4.69, 9.17) is 0 Å². The Balaban J connectivity index is 2.98. The Kier molecular flexibility index (Phi) is 2.63.